The monoisotopic (exact) mass is 266 g/mol. The van der Waals surface area contributed by atoms with Crippen molar-refractivity contribution in [2.45, 2.75) is 85.1 Å². The van der Waals surface area contributed by atoms with E-state index in [4.69, 9.17) is 5.26 Å². The molecule has 0 aliphatic rings. The number of carbonyl (C=O) groups excluding carboxylic acids is 1. The van der Waals surface area contributed by atoms with Crippen molar-refractivity contribution < 1.29 is 4.79 Å². The highest BCUT2D eigenvalue weighted by Crippen LogP contribution is 2.31. The fourth-order valence-corrected chi connectivity index (χ4v) is 2.24. The standard InChI is InChI=1S/C16H30N2O/c1-5-8-10-12-16(4,11-9-6-2)15(19)18-14(7-3)13-17/h14H,5-12H2,1-4H3,(H,18,19)/t14-,16?/m0/s1. The molecule has 3 nitrogen and oxygen atoms in total. The van der Waals surface area contributed by atoms with Gasteiger partial charge in [-0.1, -0.05) is 59.8 Å². The number of nitrogens with one attached hydrogen (secondary N) is 1. The van der Waals surface area contributed by atoms with Crippen LogP contribution in [0.15, 0.2) is 0 Å². The predicted molar refractivity (Wildman–Crippen MR) is 79.6 cm³/mol. The highest BCUT2D eigenvalue weighted by atomic mass is 16.2. The summed E-state index contributed by atoms with van der Waals surface area (Å²) in [6.07, 6.45) is 8.11. The lowest BCUT2D eigenvalue weighted by atomic mass is 9.79. The van der Waals surface area contributed by atoms with E-state index in [0.717, 1.165) is 32.1 Å². The second kappa shape index (κ2) is 9.83. The number of nitrogens with zero attached hydrogens (tertiary/aromatic N) is 1. The number of carbonyl (C=O) groups is 1. The molecule has 0 heterocycles. The van der Waals surface area contributed by atoms with Crippen molar-refractivity contribution in [2.75, 3.05) is 0 Å². The molecule has 19 heavy (non-hydrogen) atoms. The predicted octanol–water partition coefficient (Wildman–Crippen LogP) is 4.18. The van der Waals surface area contributed by atoms with Crippen molar-refractivity contribution in [2.24, 2.45) is 5.41 Å². The quantitative estimate of drug-likeness (QED) is 0.603. The molecule has 0 fully saturated rings. The molecular weight excluding hydrogens is 236 g/mol. The Labute approximate surface area is 118 Å². The fourth-order valence-electron chi connectivity index (χ4n) is 2.24. The van der Waals surface area contributed by atoms with E-state index in [0.29, 0.717) is 6.42 Å². The van der Waals surface area contributed by atoms with E-state index in [2.05, 4.69) is 32.2 Å². The summed E-state index contributed by atoms with van der Waals surface area (Å²) in [6, 6.07) is 1.80. The van der Waals surface area contributed by atoms with E-state index < -0.39 is 0 Å². The third-order valence-electron chi connectivity index (χ3n) is 3.83. The minimum Gasteiger partial charge on any atom is -0.340 e. The van der Waals surface area contributed by atoms with Gasteiger partial charge in [0.2, 0.25) is 5.91 Å². The first-order chi connectivity index (χ1) is 9.03. The molecule has 0 aromatic heterocycles. The average molecular weight is 266 g/mol. The lowest BCUT2D eigenvalue weighted by Gasteiger charge is -2.29. The van der Waals surface area contributed by atoms with Gasteiger partial charge in [0, 0.05) is 5.41 Å². The van der Waals surface area contributed by atoms with Crippen LogP contribution in [-0.4, -0.2) is 11.9 Å². The van der Waals surface area contributed by atoms with E-state index in [-0.39, 0.29) is 17.4 Å². The van der Waals surface area contributed by atoms with E-state index in [1.54, 1.807) is 0 Å². The van der Waals surface area contributed by atoms with Crippen LogP contribution in [0.5, 0.6) is 0 Å². The van der Waals surface area contributed by atoms with Crippen LogP contribution in [0.1, 0.15) is 79.1 Å². The molecule has 0 aliphatic carbocycles. The minimum absolute atomic E-state index is 0.0606. The molecule has 0 aromatic carbocycles. The molecule has 0 spiro atoms. The average Bonchev–Trinajstić information content (AvgIpc) is 2.42. The molecule has 0 radical (unpaired) electrons. The van der Waals surface area contributed by atoms with Gasteiger partial charge in [0.05, 0.1) is 6.07 Å². The molecule has 0 aliphatic heterocycles. The van der Waals surface area contributed by atoms with Gasteiger partial charge in [0.15, 0.2) is 0 Å². The van der Waals surface area contributed by atoms with Gasteiger partial charge >= 0.3 is 0 Å². The summed E-state index contributed by atoms with van der Waals surface area (Å²) in [5.74, 6) is 0.0606. The molecule has 2 atom stereocenters. The zero-order valence-corrected chi connectivity index (χ0v) is 13.1. The van der Waals surface area contributed by atoms with Crippen molar-refractivity contribution in [3.05, 3.63) is 0 Å². The zero-order valence-electron chi connectivity index (χ0n) is 13.1. The topological polar surface area (TPSA) is 52.9 Å². The van der Waals surface area contributed by atoms with Crippen LogP contribution in [0.3, 0.4) is 0 Å². The molecule has 0 rings (SSSR count). The Morgan fingerprint density at radius 3 is 2.21 bits per heavy atom. The fraction of sp³-hybridized carbons (Fsp3) is 0.875. The maximum absolute atomic E-state index is 12.4. The number of hydrogen-bond acceptors (Lipinski definition) is 2. The van der Waals surface area contributed by atoms with Crippen LogP contribution in [0.25, 0.3) is 0 Å². The normalized spacial score (nSPS) is 15.3. The molecular formula is C16H30N2O. The highest BCUT2D eigenvalue weighted by Gasteiger charge is 2.32. The largest absolute Gasteiger partial charge is 0.340 e. The van der Waals surface area contributed by atoms with Gasteiger partial charge in [-0.25, -0.2) is 0 Å². The molecule has 1 amide bonds. The third kappa shape index (κ3) is 6.61. The smallest absolute Gasteiger partial charge is 0.226 e. The van der Waals surface area contributed by atoms with E-state index in [1.807, 2.05) is 6.92 Å². The van der Waals surface area contributed by atoms with Gasteiger partial charge in [-0.2, -0.15) is 5.26 Å². The Balaban J connectivity index is 4.61. The van der Waals surface area contributed by atoms with Gasteiger partial charge in [-0.3, -0.25) is 4.79 Å². The van der Waals surface area contributed by atoms with Crippen molar-refractivity contribution in [3.63, 3.8) is 0 Å². The summed E-state index contributed by atoms with van der Waals surface area (Å²) in [5, 5.41) is 11.9. The summed E-state index contributed by atoms with van der Waals surface area (Å²) >= 11 is 0. The third-order valence-corrected chi connectivity index (χ3v) is 3.83. The Morgan fingerprint density at radius 1 is 1.16 bits per heavy atom. The summed E-state index contributed by atoms with van der Waals surface area (Å²) in [7, 11) is 0. The van der Waals surface area contributed by atoms with Gasteiger partial charge in [0.25, 0.3) is 0 Å². The Morgan fingerprint density at radius 2 is 1.74 bits per heavy atom. The molecule has 0 aromatic rings. The molecule has 110 valence electrons. The van der Waals surface area contributed by atoms with E-state index in [9.17, 15) is 4.79 Å². The maximum Gasteiger partial charge on any atom is 0.226 e. The molecule has 1 N–H and O–H groups in total. The number of amides is 1. The van der Waals surface area contributed by atoms with Crippen molar-refractivity contribution in [1.82, 2.24) is 5.32 Å². The van der Waals surface area contributed by atoms with Crippen LogP contribution >= 0.6 is 0 Å². The second-order valence-corrected chi connectivity index (χ2v) is 5.68. The van der Waals surface area contributed by atoms with E-state index in [1.165, 1.54) is 12.8 Å². The van der Waals surface area contributed by atoms with Crippen molar-refractivity contribution in [3.8, 4) is 6.07 Å². The highest BCUT2D eigenvalue weighted by molar-refractivity contribution is 5.82. The first kappa shape index (κ1) is 18.0. The van der Waals surface area contributed by atoms with Gasteiger partial charge in [-0.05, 0) is 19.3 Å². The number of nitriles is 1. The molecule has 0 bridgehead atoms. The zero-order chi connectivity index (χ0) is 14.7. The second-order valence-electron chi connectivity index (χ2n) is 5.68. The van der Waals surface area contributed by atoms with Crippen molar-refractivity contribution in [1.29, 1.82) is 5.26 Å². The summed E-state index contributed by atoms with van der Waals surface area (Å²) in [4.78, 5) is 12.4. The molecule has 0 saturated heterocycles. The number of rotatable bonds is 10. The summed E-state index contributed by atoms with van der Waals surface area (Å²) < 4.78 is 0. The first-order valence-electron chi connectivity index (χ1n) is 7.74. The van der Waals surface area contributed by atoms with Crippen LogP contribution in [0.2, 0.25) is 0 Å². The van der Waals surface area contributed by atoms with Crippen LogP contribution in [0, 0.1) is 16.7 Å². The van der Waals surface area contributed by atoms with Crippen molar-refractivity contribution >= 4 is 5.91 Å². The maximum atomic E-state index is 12.4. The molecule has 0 saturated carbocycles. The minimum atomic E-state index is -0.348. The Hall–Kier alpha value is -1.04. The Bertz CT molecular complexity index is 296. The number of unbranched alkanes of at least 4 members (excludes halogenated alkanes) is 3. The van der Waals surface area contributed by atoms with Crippen LogP contribution < -0.4 is 5.32 Å². The van der Waals surface area contributed by atoms with Gasteiger partial charge in [0.1, 0.15) is 6.04 Å². The summed E-state index contributed by atoms with van der Waals surface area (Å²) in [6.45, 7) is 8.30. The molecule has 3 heteroatoms. The van der Waals surface area contributed by atoms with Gasteiger partial charge < -0.3 is 5.32 Å². The van der Waals surface area contributed by atoms with E-state index >= 15 is 0 Å². The van der Waals surface area contributed by atoms with Gasteiger partial charge in [-0.15, -0.1) is 0 Å². The van der Waals surface area contributed by atoms with Crippen LogP contribution in [0.4, 0.5) is 0 Å². The van der Waals surface area contributed by atoms with Crippen LogP contribution in [-0.2, 0) is 4.79 Å². The first-order valence-corrected chi connectivity index (χ1v) is 7.74. The molecule has 1 unspecified atom stereocenters. The summed E-state index contributed by atoms with van der Waals surface area (Å²) in [5.41, 5.74) is -0.310. The lowest BCUT2D eigenvalue weighted by molar-refractivity contribution is -0.131. The SMILES string of the molecule is CCCCCC(C)(CCCC)C(=O)N[C@H](C#N)CC. The lowest BCUT2D eigenvalue weighted by Crippen LogP contribution is -2.43. The number of hydrogen-bond donors (Lipinski definition) is 1. The Kier molecular flexibility index (Phi) is 9.30.